The summed E-state index contributed by atoms with van der Waals surface area (Å²) in [7, 11) is 1.28. The number of hydrogen-bond donors (Lipinski definition) is 6. The summed E-state index contributed by atoms with van der Waals surface area (Å²) in [5.41, 5.74) is -0.680. The number of anilines is 1. The SMILES string of the molecule is COc1nc(N[C@@H]2O[C@H](CO)[C@@H](O)[C@H](O)[C@H]2O)c(Cl)c(=O)[nH]1. The lowest BCUT2D eigenvalue weighted by Gasteiger charge is -2.40. The first-order valence-electron chi connectivity index (χ1n) is 6.30. The summed E-state index contributed by atoms with van der Waals surface area (Å²) in [5, 5.41) is 40.6. The molecule has 0 saturated carbocycles. The molecule has 1 aromatic rings. The van der Waals surface area contributed by atoms with Crippen molar-refractivity contribution in [1.29, 1.82) is 0 Å². The summed E-state index contributed by atoms with van der Waals surface area (Å²) in [4.78, 5) is 17.7. The third-order valence-electron chi connectivity index (χ3n) is 3.21. The van der Waals surface area contributed by atoms with E-state index in [1.165, 1.54) is 7.11 Å². The number of methoxy groups -OCH3 is 1. The topological polar surface area (TPSA) is 157 Å². The Morgan fingerprint density at radius 1 is 1.36 bits per heavy atom. The average molecular weight is 338 g/mol. The number of ether oxygens (including phenoxy) is 2. The molecule has 0 unspecified atom stereocenters. The number of rotatable bonds is 4. The van der Waals surface area contributed by atoms with Crippen LogP contribution in [-0.4, -0.2) is 74.8 Å². The molecule has 2 rings (SSSR count). The van der Waals surface area contributed by atoms with Gasteiger partial charge < -0.3 is 35.2 Å². The van der Waals surface area contributed by atoms with Crippen molar-refractivity contribution in [3.63, 3.8) is 0 Å². The van der Waals surface area contributed by atoms with Gasteiger partial charge >= 0.3 is 0 Å². The molecule has 0 aliphatic carbocycles. The Labute approximate surface area is 129 Å². The van der Waals surface area contributed by atoms with Crippen LogP contribution in [0.15, 0.2) is 4.79 Å². The molecule has 0 radical (unpaired) electrons. The molecular formula is C11H16ClN3O7. The standard InChI is InChI=1S/C11H16ClN3O7/c1-21-11-14-8(4(12)9(20)15-11)13-10-7(19)6(18)5(17)3(2-16)22-10/h3,5-7,10,16-19H,2H2,1H3,(H2,13,14,15,20)/t3-,5-,6+,7-,10-/m1/s1. The molecular weight excluding hydrogens is 322 g/mol. The van der Waals surface area contributed by atoms with Gasteiger partial charge in [0.25, 0.3) is 11.6 Å². The molecule has 124 valence electrons. The van der Waals surface area contributed by atoms with Gasteiger partial charge in [-0.2, -0.15) is 4.98 Å². The summed E-state index contributed by atoms with van der Waals surface area (Å²) >= 11 is 5.80. The highest BCUT2D eigenvalue weighted by molar-refractivity contribution is 6.32. The molecule has 5 atom stereocenters. The molecule has 1 fully saturated rings. The number of aromatic amines is 1. The van der Waals surface area contributed by atoms with E-state index < -0.39 is 42.8 Å². The van der Waals surface area contributed by atoms with Crippen molar-refractivity contribution in [2.75, 3.05) is 19.0 Å². The van der Waals surface area contributed by atoms with E-state index in [1.807, 2.05) is 0 Å². The van der Waals surface area contributed by atoms with Crippen molar-refractivity contribution in [3.05, 3.63) is 15.4 Å². The number of halogens is 1. The lowest BCUT2D eigenvalue weighted by atomic mass is 9.98. The molecule has 1 aliphatic rings. The third-order valence-corrected chi connectivity index (χ3v) is 3.56. The molecule has 0 spiro atoms. The first-order chi connectivity index (χ1) is 10.4. The van der Waals surface area contributed by atoms with Gasteiger partial charge in [-0.25, -0.2) is 0 Å². The molecule has 10 nitrogen and oxygen atoms in total. The lowest BCUT2D eigenvalue weighted by Crippen LogP contribution is -2.60. The van der Waals surface area contributed by atoms with E-state index in [1.54, 1.807) is 0 Å². The van der Waals surface area contributed by atoms with Gasteiger partial charge in [0, 0.05) is 0 Å². The number of nitrogens with zero attached hydrogens (tertiary/aromatic N) is 1. The number of aliphatic hydroxyl groups excluding tert-OH is 4. The van der Waals surface area contributed by atoms with Gasteiger partial charge in [-0.3, -0.25) is 9.78 Å². The molecule has 1 aliphatic heterocycles. The van der Waals surface area contributed by atoms with Crippen LogP contribution < -0.4 is 15.6 Å². The van der Waals surface area contributed by atoms with Crippen LogP contribution in [0, 0.1) is 0 Å². The minimum absolute atomic E-state index is 0.124. The third kappa shape index (κ3) is 3.16. The van der Waals surface area contributed by atoms with Crippen LogP contribution in [0.2, 0.25) is 5.02 Å². The quantitative estimate of drug-likeness (QED) is 0.353. The van der Waals surface area contributed by atoms with Crippen LogP contribution >= 0.6 is 11.6 Å². The number of aromatic nitrogens is 2. The second-order valence-electron chi connectivity index (χ2n) is 4.63. The summed E-state index contributed by atoms with van der Waals surface area (Å²) in [5.74, 6) is -0.147. The van der Waals surface area contributed by atoms with Gasteiger partial charge in [0.05, 0.1) is 13.7 Å². The van der Waals surface area contributed by atoms with Crippen molar-refractivity contribution in [2.24, 2.45) is 0 Å². The van der Waals surface area contributed by atoms with E-state index in [-0.39, 0.29) is 16.9 Å². The average Bonchev–Trinajstić information content (AvgIpc) is 2.51. The Morgan fingerprint density at radius 2 is 2.05 bits per heavy atom. The number of H-pyrrole nitrogens is 1. The van der Waals surface area contributed by atoms with Gasteiger partial charge in [0.15, 0.2) is 12.0 Å². The van der Waals surface area contributed by atoms with Gasteiger partial charge in [-0.1, -0.05) is 11.6 Å². The molecule has 22 heavy (non-hydrogen) atoms. The molecule has 0 aromatic carbocycles. The van der Waals surface area contributed by atoms with Crippen LogP contribution in [0.1, 0.15) is 0 Å². The van der Waals surface area contributed by atoms with Crippen LogP contribution in [0.25, 0.3) is 0 Å². The minimum Gasteiger partial charge on any atom is -0.468 e. The maximum Gasteiger partial charge on any atom is 0.298 e. The minimum atomic E-state index is -1.56. The number of aliphatic hydroxyl groups is 4. The maximum absolute atomic E-state index is 11.6. The molecule has 6 N–H and O–H groups in total. The van der Waals surface area contributed by atoms with E-state index in [9.17, 15) is 20.1 Å². The highest BCUT2D eigenvalue weighted by Gasteiger charge is 2.43. The largest absolute Gasteiger partial charge is 0.468 e. The first-order valence-corrected chi connectivity index (χ1v) is 6.67. The van der Waals surface area contributed by atoms with Crippen LogP contribution in [0.3, 0.4) is 0 Å². The molecule has 0 bridgehead atoms. The Bertz CT molecular complexity index is 581. The highest BCUT2D eigenvalue weighted by Crippen LogP contribution is 2.24. The zero-order chi connectivity index (χ0) is 16.4. The van der Waals surface area contributed by atoms with Gasteiger partial charge in [0.1, 0.15) is 29.4 Å². The van der Waals surface area contributed by atoms with Gasteiger partial charge in [-0.15, -0.1) is 0 Å². The molecule has 11 heteroatoms. The van der Waals surface area contributed by atoms with E-state index in [2.05, 4.69) is 15.3 Å². The molecule has 1 aromatic heterocycles. The van der Waals surface area contributed by atoms with Crippen molar-refractivity contribution in [1.82, 2.24) is 9.97 Å². The highest BCUT2D eigenvalue weighted by atomic mass is 35.5. The second kappa shape index (κ2) is 6.77. The monoisotopic (exact) mass is 337 g/mol. The zero-order valence-corrected chi connectivity index (χ0v) is 12.2. The van der Waals surface area contributed by atoms with E-state index >= 15 is 0 Å². The van der Waals surface area contributed by atoms with Crippen molar-refractivity contribution >= 4 is 17.4 Å². The van der Waals surface area contributed by atoms with E-state index in [0.29, 0.717) is 0 Å². The van der Waals surface area contributed by atoms with Crippen molar-refractivity contribution in [3.8, 4) is 6.01 Å². The van der Waals surface area contributed by atoms with Crippen molar-refractivity contribution in [2.45, 2.75) is 30.6 Å². The Balaban J connectivity index is 2.26. The lowest BCUT2D eigenvalue weighted by molar-refractivity contribution is -0.221. The normalized spacial score (nSPS) is 31.8. The molecule has 0 amide bonds. The predicted octanol–water partition coefficient (Wildman–Crippen LogP) is -2.36. The smallest absolute Gasteiger partial charge is 0.298 e. The van der Waals surface area contributed by atoms with E-state index in [0.717, 1.165) is 0 Å². The maximum atomic E-state index is 11.6. The van der Waals surface area contributed by atoms with Crippen molar-refractivity contribution < 1.29 is 29.9 Å². The predicted molar refractivity (Wildman–Crippen MR) is 73.8 cm³/mol. The number of nitrogens with one attached hydrogen (secondary N) is 2. The summed E-state index contributed by atoms with van der Waals surface area (Å²) in [6, 6.07) is -0.124. The Morgan fingerprint density at radius 3 is 2.64 bits per heavy atom. The summed E-state index contributed by atoms with van der Waals surface area (Å²) in [6.45, 7) is -0.580. The van der Waals surface area contributed by atoms with Crippen LogP contribution in [-0.2, 0) is 4.74 Å². The fourth-order valence-corrected chi connectivity index (χ4v) is 2.13. The second-order valence-corrected chi connectivity index (χ2v) is 5.01. The fraction of sp³-hybridized carbons (Fsp3) is 0.636. The van der Waals surface area contributed by atoms with Crippen LogP contribution in [0.4, 0.5) is 5.82 Å². The summed E-state index contributed by atoms with van der Waals surface area (Å²) < 4.78 is 10.0. The van der Waals surface area contributed by atoms with Crippen LogP contribution in [0.5, 0.6) is 6.01 Å². The zero-order valence-electron chi connectivity index (χ0n) is 11.4. The molecule has 2 heterocycles. The van der Waals surface area contributed by atoms with Gasteiger partial charge in [0.2, 0.25) is 0 Å². The summed E-state index contributed by atoms with van der Waals surface area (Å²) in [6.07, 6.45) is -6.95. The first kappa shape index (κ1) is 16.9. The van der Waals surface area contributed by atoms with E-state index in [4.69, 9.17) is 26.2 Å². The number of hydrogen-bond acceptors (Lipinski definition) is 9. The molecule has 1 saturated heterocycles. The fourth-order valence-electron chi connectivity index (χ4n) is 1.99. The Hall–Kier alpha value is -1.43. The van der Waals surface area contributed by atoms with Gasteiger partial charge in [-0.05, 0) is 0 Å². The Kier molecular flexibility index (Phi) is 5.21.